The number of hydrogen-bond acceptors (Lipinski definition) is 8. The Morgan fingerprint density at radius 2 is 1.43 bits per heavy atom. The largest absolute Gasteiger partial charge is 0.350 e. The highest BCUT2D eigenvalue weighted by Gasteiger charge is 2.48. The number of hydrogen-bond donors (Lipinski definition) is 5. The molecule has 7 N–H and O–H groups in total. The lowest BCUT2D eigenvalue weighted by Crippen LogP contribution is -2.72. The Morgan fingerprint density at radius 3 is 2.08 bits per heavy atom. The van der Waals surface area contributed by atoms with Crippen molar-refractivity contribution in [3.63, 3.8) is 0 Å². The fourth-order valence-electron chi connectivity index (χ4n) is 10.8. The third kappa shape index (κ3) is 11.3. The number of carbonyl (C=O) groups is 2. The normalized spacial score (nSPS) is 31.5. The van der Waals surface area contributed by atoms with Crippen LogP contribution >= 0.6 is 0 Å². The van der Waals surface area contributed by atoms with E-state index in [1.165, 1.54) is 64.2 Å². The predicted octanol–water partition coefficient (Wildman–Crippen LogP) is 4.07. The number of piperidine rings is 2. The van der Waals surface area contributed by atoms with Crippen molar-refractivity contribution in [3.8, 4) is 0 Å². The quantitative estimate of drug-likeness (QED) is 0.168. The molecule has 6 fully saturated rings. The Kier molecular flexibility index (Phi) is 15.6. The van der Waals surface area contributed by atoms with E-state index in [1.807, 2.05) is 6.92 Å². The van der Waals surface area contributed by atoms with Gasteiger partial charge in [-0.3, -0.25) is 19.4 Å². The maximum atomic E-state index is 16.4. The maximum Gasteiger partial charge on any atom is 0.227 e. The molecule has 6 aliphatic rings. The summed E-state index contributed by atoms with van der Waals surface area (Å²) in [7, 11) is 0. The number of carbonyl (C=O) groups excluding carboxylic acids is 2. The van der Waals surface area contributed by atoms with Crippen molar-refractivity contribution in [2.75, 3.05) is 52.4 Å². The number of halogens is 2. The van der Waals surface area contributed by atoms with E-state index in [-0.39, 0.29) is 36.9 Å². The summed E-state index contributed by atoms with van der Waals surface area (Å²) in [6, 6.07) is -0.790. The Balaban J connectivity index is 1.10. The zero-order chi connectivity index (χ0) is 37.3. The molecule has 53 heavy (non-hydrogen) atoms. The molecule has 3 saturated heterocycles. The van der Waals surface area contributed by atoms with Gasteiger partial charge in [0.1, 0.15) is 12.3 Å². The summed E-state index contributed by atoms with van der Waals surface area (Å²) in [6.07, 6.45) is 16.5. The molecule has 0 radical (unpaired) electrons. The van der Waals surface area contributed by atoms with Crippen molar-refractivity contribution in [2.45, 2.75) is 171 Å². The van der Waals surface area contributed by atoms with Crippen LogP contribution in [0.5, 0.6) is 0 Å². The number of rotatable bonds is 14. The van der Waals surface area contributed by atoms with Gasteiger partial charge in [-0.05, 0) is 83.2 Å². The lowest BCUT2D eigenvalue weighted by Gasteiger charge is -2.50. The van der Waals surface area contributed by atoms with Crippen molar-refractivity contribution in [3.05, 3.63) is 0 Å². The molecule has 10 nitrogen and oxygen atoms in total. The first kappa shape index (κ1) is 41.2. The van der Waals surface area contributed by atoms with E-state index >= 15 is 8.78 Å². The molecule has 3 saturated carbocycles. The summed E-state index contributed by atoms with van der Waals surface area (Å²) in [6.45, 7) is 7.06. The monoisotopic (exact) mass is 749 g/mol. The zero-order valence-electron chi connectivity index (χ0n) is 32.9. The van der Waals surface area contributed by atoms with Gasteiger partial charge >= 0.3 is 0 Å². The number of nitrogens with one attached hydrogen (secondary N) is 3. The molecule has 5 unspecified atom stereocenters. The van der Waals surface area contributed by atoms with Crippen LogP contribution in [-0.2, 0) is 9.59 Å². The van der Waals surface area contributed by atoms with Crippen LogP contribution in [0.25, 0.3) is 0 Å². The highest BCUT2D eigenvalue weighted by atomic mass is 19.1. The molecule has 0 spiro atoms. The summed E-state index contributed by atoms with van der Waals surface area (Å²) in [5.74, 6) is 0.0574. The zero-order valence-corrected chi connectivity index (χ0v) is 32.9. The molecule has 0 aromatic carbocycles. The Bertz CT molecular complexity index is 1120. The molecule has 12 heteroatoms. The number of alkyl halides is 2. The highest BCUT2D eigenvalue weighted by molar-refractivity contribution is 5.80. The smallest absolute Gasteiger partial charge is 0.227 e. The summed E-state index contributed by atoms with van der Waals surface area (Å²) in [5, 5.41) is 10.2. The van der Waals surface area contributed by atoms with Gasteiger partial charge in [-0.1, -0.05) is 64.2 Å². The van der Waals surface area contributed by atoms with Crippen LogP contribution in [-0.4, -0.2) is 128 Å². The number of piperazine rings is 1. The van der Waals surface area contributed by atoms with Crippen LogP contribution in [0.15, 0.2) is 0 Å². The highest BCUT2D eigenvalue weighted by Crippen LogP contribution is 2.34. The van der Waals surface area contributed by atoms with Gasteiger partial charge < -0.3 is 32.3 Å². The first-order valence-electron chi connectivity index (χ1n) is 22.0. The summed E-state index contributed by atoms with van der Waals surface area (Å²) >= 11 is 0. The third-order valence-electron chi connectivity index (χ3n) is 14.2. The average Bonchev–Trinajstić information content (AvgIpc) is 4.00. The van der Waals surface area contributed by atoms with Gasteiger partial charge in [-0.15, -0.1) is 0 Å². The van der Waals surface area contributed by atoms with E-state index < -0.39 is 42.6 Å². The molecular formula is C41H74F2N8O2. The molecule has 3 aliphatic carbocycles. The number of nitrogens with zero attached hydrogens (tertiary/aromatic N) is 3. The van der Waals surface area contributed by atoms with Crippen molar-refractivity contribution in [1.29, 1.82) is 0 Å². The first-order valence-corrected chi connectivity index (χ1v) is 22.0. The predicted molar refractivity (Wildman–Crippen MR) is 208 cm³/mol. The second-order valence-corrected chi connectivity index (χ2v) is 18.0. The van der Waals surface area contributed by atoms with Gasteiger partial charge in [-0.25, -0.2) is 8.78 Å². The summed E-state index contributed by atoms with van der Waals surface area (Å²) in [4.78, 5) is 34.7. The van der Waals surface area contributed by atoms with Crippen LogP contribution in [0, 0.1) is 23.7 Å². The van der Waals surface area contributed by atoms with Crippen LogP contribution in [0.2, 0.25) is 0 Å². The number of amides is 2. The Hall–Kier alpha value is -1.44. The Morgan fingerprint density at radius 1 is 0.811 bits per heavy atom. The second-order valence-electron chi connectivity index (χ2n) is 18.0. The second kappa shape index (κ2) is 20.1. The van der Waals surface area contributed by atoms with Gasteiger partial charge in [0.05, 0.1) is 24.2 Å². The van der Waals surface area contributed by atoms with Gasteiger partial charge in [0.15, 0.2) is 0 Å². The molecule has 3 aliphatic heterocycles. The summed E-state index contributed by atoms with van der Waals surface area (Å²) in [5.41, 5.74) is 12.6. The minimum atomic E-state index is -1.18. The fraction of sp³-hybridized carbons (Fsp3) is 0.951. The van der Waals surface area contributed by atoms with E-state index in [2.05, 4.69) is 30.7 Å². The van der Waals surface area contributed by atoms with E-state index in [0.717, 1.165) is 64.3 Å². The van der Waals surface area contributed by atoms with Crippen molar-refractivity contribution >= 4 is 11.8 Å². The van der Waals surface area contributed by atoms with Crippen LogP contribution in [0.3, 0.4) is 0 Å². The van der Waals surface area contributed by atoms with Gasteiger partial charge in [0, 0.05) is 63.3 Å². The Labute approximate surface area is 319 Å². The van der Waals surface area contributed by atoms with Gasteiger partial charge in [0.25, 0.3) is 0 Å². The molecular weight excluding hydrogens is 675 g/mol. The van der Waals surface area contributed by atoms with E-state index in [9.17, 15) is 9.59 Å². The van der Waals surface area contributed by atoms with Gasteiger partial charge in [-0.2, -0.15) is 0 Å². The lowest BCUT2D eigenvalue weighted by atomic mass is 9.77. The third-order valence-corrected chi connectivity index (χ3v) is 14.2. The molecule has 0 bridgehead atoms. The fourth-order valence-corrected chi connectivity index (χ4v) is 10.8. The maximum absolute atomic E-state index is 16.4. The molecule has 304 valence electrons. The lowest BCUT2D eigenvalue weighted by molar-refractivity contribution is -0.139. The van der Waals surface area contributed by atoms with Crippen LogP contribution in [0.1, 0.15) is 122 Å². The standard InChI is InChI=1S/C41H74F2N8O2/c1-28(46-26-32(42)15-14-29-10-6-5-7-11-29)35(39(44)45)40(52)48-37-36(30-12-8-3-2-4-9-13-30)47-27-34(43)38(37)50-20-18-31(19-21-50)41(53)51-24-22-49(23-25-51)33-16-17-33/h28-39,46-47H,2-27,44-45H2,1H3,(H,48,52)/t28?,32?,34?,35?,36?,37-,38+/m0/s1. The van der Waals surface area contributed by atoms with Crippen molar-refractivity contribution in [1.82, 2.24) is 30.7 Å². The average molecular weight is 749 g/mol. The van der Waals surface area contributed by atoms with Gasteiger partial charge in [0.2, 0.25) is 11.8 Å². The summed E-state index contributed by atoms with van der Waals surface area (Å²) < 4.78 is 31.5. The molecule has 3 heterocycles. The van der Waals surface area contributed by atoms with Crippen molar-refractivity contribution in [2.24, 2.45) is 35.1 Å². The molecule has 6 rings (SSSR count). The number of likely N-dealkylation sites (tertiary alicyclic amines) is 1. The molecule has 7 atom stereocenters. The van der Waals surface area contributed by atoms with E-state index in [4.69, 9.17) is 11.5 Å². The molecule has 0 aromatic heterocycles. The first-order chi connectivity index (χ1) is 25.7. The minimum absolute atomic E-state index is 0.0403. The SMILES string of the molecule is CC(NCC(F)CCC1CCCCC1)C(C(=O)N[C@H]1C(C2CCCCCCC2)NCC(F)[C@H]1N1CCC(C(=O)N2CCN(C3CC3)CC2)CC1)C(N)N. The van der Waals surface area contributed by atoms with Crippen LogP contribution in [0.4, 0.5) is 8.78 Å². The van der Waals surface area contributed by atoms with E-state index in [0.29, 0.717) is 44.2 Å². The van der Waals surface area contributed by atoms with Crippen molar-refractivity contribution < 1.29 is 18.4 Å². The molecule has 2 amide bonds. The molecule has 0 aromatic rings. The topological polar surface area (TPSA) is 132 Å². The minimum Gasteiger partial charge on any atom is -0.350 e. The van der Waals surface area contributed by atoms with Crippen LogP contribution < -0.4 is 27.4 Å². The number of nitrogens with two attached hydrogens (primary N) is 2. The van der Waals surface area contributed by atoms with E-state index in [1.54, 1.807) is 0 Å².